The Hall–Kier alpha value is -2.71. The Bertz CT molecular complexity index is 938. The van der Waals surface area contributed by atoms with Crippen LogP contribution in [0.2, 0.25) is 0 Å². The molecule has 0 amide bonds. The molecular weight excluding hydrogens is 368 g/mol. The maximum absolute atomic E-state index is 11.5. The minimum atomic E-state index is -0.463. The second kappa shape index (κ2) is 11.3. The van der Waals surface area contributed by atoms with Gasteiger partial charge in [-0.2, -0.15) is 0 Å². The first-order chi connectivity index (χ1) is 14.1. The van der Waals surface area contributed by atoms with Gasteiger partial charge in [-0.05, 0) is 32.5 Å². The van der Waals surface area contributed by atoms with E-state index >= 15 is 0 Å². The molecule has 29 heavy (non-hydrogen) atoms. The van der Waals surface area contributed by atoms with Crippen molar-refractivity contribution in [1.82, 2.24) is 19.9 Å². The predicted molar refractivity (Wildman–Crippen MR) is 117 cm³/mol. The van der Waals surface area contributed by atoms with Crippen LogP contribution in [-0.4, -0.2) is 40.6 Å². The summed E-state index contributed by atoms with van der Waals surface area (Å²) in [5, 5.41) is 4.13. The number of carbonyl (C=O) groups excluding carboxylic acids is 1. The van der Waals surface area contributed by atoms with E-state index < -0.39 is 5.97 Å². The van der Waals surface area contributed by atoms with Gasteiger partial charge in [0.05, 0.1) is 17.6 Å². The molecule has 5 N–H and O–H groups in total. The highest BCUT2D eigenvalue weighted by Crippen LogP contribution is 2.29. The van der Waals surface area contributed by atoms with Crippen molar-refractivity contribution in [3.05, 3.63) is 30.1 Å². The molecule has 8 nitrogen and oxygen atoms in total. The highest BCUT2D eigenvalue weighted by atomic mass is 16.5. The van der Waals surface area contributed by atoms with E-state index in [-0.39, 0.29) is 13.2 Å². The largest absolute Gasteiger partial charge is 0.457 e. The van der Waals surface area contributed by atoms with Gasteiger partial charge in [0.15, 0.2) is 5.82 Å². The number of benzene rings is 1. The first-order valence-corrected chi connectivity index (χ1v) is 10.1. The number of nitrogens with two attached hydrogens (primary N) is 2. The van der Waals surface area contributed by atoms with Gasteiger partial charge in [-0.25, -0.2) is 9.97 Å². The molecule has 8 heteroatoms. The molecule has 0 aliphatic rings. The molecule has 2 aromatic heterocycles. The number of ether oxygens (including phenoxy) is 1. The number of rotatable bonds is 8. The number of anilines is 1. The lowest BCUT2D eigenvalue weighted by atomic mass is 10.2. The number of nitrogen functional groups attached to an aromatic ring is 1. The van der Waals surface area contributed by atoms with Crippen LogP contribution >= 0.6 is 0 Å². The van der Waals surface area contributed by atoms with Crippen molar-refractivity contribution < 1.29 is 9.53 Å². The Kier molecular flexibility index (Phi) is 8.82. The summed E-state index contributed by atoms with van der Waals surface area (Å²) in [6, 6.07) is 7.83. The van der Waals surface area contributed by atoms with Gasteiger partial charge in [0.25, 0.3) is 0 Å². The number of aromatic nitrogens is 3. The van der Waals surface area contributed by atoms with Gasteiger partial charge in [0.1, 0.15) is 17.9 Å². The van der Waals surface area contributed by atoms with Gasteiger partial charge in [0, 0.05) is 11.9 Å². The lowest BCUT2D eigenvalue weighted by molar-refractivity contribution is -0.143. The van der Waals surface area contributed by atoms with E-state index in [0.717, 1.165) is 42.4 Å². The number of aryl methyl sites for hydroxylation is 1. The van der Waals surface area contributed by atoms with Crippen molar-refractivity contribution in [3.63, 3.8) is 0 Å². The third-order valence-electron chi connectivity index (χ3n) is 4.28. The highest BCUT2D eigenvalue weighted by molar-refractivity contribution is 6.06. The Balaban J connectivity index is 0.000000941. The van der Waals surface area contributed by atoms with Gasteiger partial charge in [-0.1, -0.05) is 38.5 Å². The average molecular weight is 401 g/mol. The molecule has 0 fully saturated rings. The summed E-state index contributed by atoms with van der Waals surface area (Å²) >= 11 is 0. The maximum Gasteiger partial charge on any atom is 0.320 e. The first kappa shape index (κ1) is 22.6. The normalized spacial score (nSPS) is 10.8. The van der Waals surface area contributed by atoms with E-state index in [9.17, 15) is 4.79 Å². The van der Waals surface area contributed by atoms with Gasteiger partial charge in [0.2, 0.25) is 0 Å². The molecule has 3 aromatic rings. The number of nitrogens with zero attached hydrogens (tertiary/aromatic N) is 3. The maximum atomic E-state index is 11.5. The molecule has 0 radical (unpaired) electrons. The van der Waals surface area contributed by atoms with Crippen LogP contribution in [0.5, 0.6) is 0 Å². The monoisotopic (exact) mass is 400 g/mol. The van der Waals surface area contributed by atoms with Crippen LogP contribution < -0.4 is 16.8 Å². The number of nitrogens with one attached hydrogen (secondary N) is 1. The quantitative estimate of drug-likeness (QED) is 0.392. The number of carbonyl (C=O) groups is 1. The van der Waals surface area contributed by atoms with Crippen molar-refractivity contribution in [2.45, 2.75) is 46.3 Å². The second-order valence-electron chi connectivity index (χ2n) is 6.77. The second-order valence-corrected chi connectivity index (χ2v) is 6.77. The van der Waals surface area contributed by atoms with E-state index in [4.69, 9.17) is 16.2 Å². The molecule has 0 aliphatic heterocycles. The van der Waals surface area contributed by atoms with E-state index in [1.807, 2.05) is 31.3 Å². The number of esters is 1. The predicted octanol–water partition coefficient (Wildman–Crippen LogP) is 2.58. The molecule has 0 saturated carbocycles. The zero-order valence-corrected chi connectivity index (χ0v) is 17.6. The molecule has 2 heterocycles. The number of unbranched alkanes of at least 4 members (excludes halogenated alkanes) is 1. The number of para-hydroxylation sites is 1. The molecule has 1 aromatic carbocycles. The Morgan fingerprint density at radius 2 is 1.93 bits per heavy atom. The minimum absolute atomic E-state index is 0.0600. The van der Waals surface area contributed by atoms with E-state index in [0.29, 0.717) is 17.2 Å². The molecule has 0 atom stereocenters. The number of hydrogen-bond donors (Lipinski definition) is 3. The average Bonchev–Trinajstić information content (AvgIpc) is 3.09. The molecule has 3 rings (SSSR count). The highest BCUT2D eigenvalue weighted by Gasteiger charge is 2.18. The smallest absolute Gasteiger partial charge is 0.320 e. The number of fused-ring (bicyclic) bond motifs is 3. The van der Waals surface area contributed by atoms with E-state index in [2.05, 4.69) is 33.7 Å². The fraction of sp³-hybridized carbons (Fsp3) is 0.476. The molecule has 0 unspecified atom stereocenters. The first-order valence-electron chi connectivity index (χ1n) is 10.1. The van der Waals surface area contributed by atoms with Crippen LogP contribution in [-0.2, 0) is 22.7 Å². The molecule has 0 bridgehead atoms. The van der Waals surface area contributed by atoms with Crippen LogP contribution in [0.25, 0.3) is 21.9 Å². The Labute approximate surface area is 171 Å². The van der Waals surface area contributed by atoms with Gasteiger partial charge >= 0.3 is 5.97 Å². The summed E-state index contributed by atoms with van der Waals surface area (Å²) in [6.45, 7) is 5.84. The molecule has 158 valence electrons. The summed E-state index contributed by atoms with van der Waals surface area (Å²) in [7, 11) is 1.93. The minimum Gasteiger partial charge on any atom is -0.457 e. The number of pyridine rings is 1. The van der Waals surface area contributed by atoms with Crippen molar-refractivity contribution in [3.8, 4) is 0 Å². The Morgan fingerprint density at radius 3 is 2.62 bits per heavy atom. The number of hydrogen-bond acceptors (Lipinski definition) is 7. The third-order valence-corrected chi connectivity index (χ3v) is 4.28. The van der Waals surface area contributed by atoms with E-state index in [1.165, 1.54) is 6.42 Å². The van der Waals surface area contributed by atoms with Crippen LogP contribution in [0.4, 0.5) is 5.82 Å². The summed E-state index contributed by atoms with van der Waals surface area (Å²) in [5.41, 5.74) is 13.8. The number of imidazole rings is 1. The summed E-state index contributed by atoms with van der Waals surface area (Å²) in [6.07, 6.45) is 3.23. The fourth-order valence-electron chi connectivity index (χ4n) is 3.03. The zero-order valence-electron chi connectivity index (χ0n) is 17.6. The molecule has 0 saturated heterocycles. The summed E-state index contributed by atoms with van der Waals surface area (Å²) in [4.78, 5) is 20.5. The molecule has 0 spiro atoms. The van der Waals surface area contributed by atoms with Crippen molar-refractivity contribution in [2.75, 3.05) is 25.9 Å². The Morgan fingerprint density at radius 1 is 1.21 bits per heavy atom. The van der Waals surface area contributed by atoms with Gasteiger partial charge < -0.3 is 26.1 Å². The zero-order chi connectivity index (χ0) is 21.2. The SMILES string of the molecule is CCC.CNCCCCn1c(COC(=O)CN)nc2c(N)nc3ccccc3c21. The standard InChI is InChI=1S/C18H24N6O2.C3H8/c1-21-8-4-5-9-24-14(11-26-15(25)10-19)23-16-17(24)12-6-2-3-7-13(12)22-18(16)20;1-3-2/h2-3,6-7,21H,4-5,8-11,19H2,1H3,(H2,20,22);3H2,1-2H3. The van der Waals surface area contributed by atoms with Gasteiger partial charge in [-0.3, -0.25) is 4.79 Å². The lowest BCUT2D eigenvalue weighted by Crippen LogP contribution is -2.18. The summed E-state index contributed by atoms with van der Waals surface area (Å²) < 4.78 is 7.28. The fourth-order valence-corrected chi connectivity index (χ4v) is 3.03. The topological polar surface area (TPSA) is 121 Å². The van der Waals surface area contributed by atoms with Crippen molar-refractivity contribution in [1.29, 1.82) is 0 Å². The van der Waals surface area contributed by atoms with Crippen LogP contribution in [0.1, 0.15) is 38.9 Å². The van der Waals surface area contributed by atoms with Crippen LogP contribution in [0.3, 0.4) is 0 Å². The van der Waals surface area contributed by atoms with E-state index in [1.54, 1.807) is 0 Å². The van der Waals surface area contributed by atoms with Crippen LogP contribution in [0.15, 0.2) is 24.3 Å². The molecule has 0 aliphatic carbocycles. The molecular formula is C21H32N6O2. The van der Waals surface area contributed by atoms with Crippen molar-refractivity contribution in [2.24, 2.45) is 5.73 Å². The van der Waals surface area contributed by atoms with Crippen LogP contribution in [0, 0.1) is 0 Å². The van der Waals surface area contributed by atoms with Crippen molar-refractivity contribution >= 4 is 33.7 Å². The lowest BCUT2D eigenvalue weighted by Gasteiger charge is -2.11. The summed E-state index contributed by atoms with van der Waals surface area (Å²) in [5.74, 6) is 0.560. The van der Waals surface area contributed by atoms with Gasteiger partial charge in [-0.15, -0.1) is 0 Å². The third kappa shape index (κ3) is 5.65.